The third-order valence-electron chi connectivity index (χ3n) is 11.9. The third-order valence-corrected chi connectivity index (χ3v) is 12.8. The largest absolute Gasteiger partial charge is 0.378 e. The van der Waals surface area contributed by atoms with E-state index in [0.717, 1.165) is 69.1 Å². The molecule has 0 aliphatic carbocycles. The van der Waals surface area contributed by atoms with Gasteiger partial charge < -0.3 is 29.1 Å². The summed E-state index contributed by atoms with van der Waals surface area (Å²) in [5, 5.41) is 9.19. The first-order valence-electron chi connectivity index (χ1n) is 20.6. The van der Waals surface area contributed by atoms with Crippen LogP contribution >= 0.6 is 11.3 Å². The zero-order chi connectivity index (χ0) is 41.8. The molecule has 14 heteroatoms. The number of fused-ring (bicyclic) bond motifs is 6. The van der Waals surface area contributed by atoms with Gasteiger partial charge in [-0.2, -0.15) is 0 Å². The van der Waals surface area contributed by atoms with Gasteiger partial charge >= 0.3 is 0 Å². The number of methoxy groups -OCH3 is 1. The molecule has 6 bridgehead atoms. The van der Waals surface area contributed by atoms with E-state index < -0.39 is 11.6 Å². The lowest BCUT2D eigenvalue weighted by Crippen LogP contribution is -2.66. The molecule has 2 saturated heterocycles. The van der Waals surface area contributed by atoms with E-state index in [1.54, 1.807) is 36.6 Å². The lowest BCUT2D eigenvalue weighted by atomic mass is 9.84. The van der Waals surface area contributed by atoms with Crippen LogP contribution in [0.2, 0.25) is 0 Å². The average molecular weight is 815 g/mol. The molecular weight excluding hydrogens is 753 g/mol. The Morgan fingerprint density at radius 1 is 1.26 bits per heavy atom. The number of thiazole rings is 1. The van der Waals surface area contributed by atoms with E-state index in [4.69, 9.17) is 19.5 Å². The fraction of sp³-hybridized carbons (Fsp3) is 0.568. The number of rotatable bonds is 10. The zero-order valence-corrected chi connectivity index (χ0v) is 36.4. The van der Waals surface area contributed by atoms with Gasteiger partial charge in [-0.3, -0.25) is 24.5 Å². The minimum absolute atomic E-state index is 0.0331. The first-order chi connectivity index (χ1) is 27.8. The minimum Gasteiger partial charge on any atom is -0.378 e. The number of benzene rings is 1. The molecule has 13 nitrogen and oxygen atoms in total. The number of aldehydes is 1. The molecule has 3 aliphatic heterocycles. The van der Waals surface area contributed by atoms with Gasteiger partial charge in [0.05, 0.1) is 47.5 Å². The molecule has 1 aromatic carbocycles. The van der Waals surface area contributed by atoms with Crippen LogP contribution in [0.15, 0.2) is 46.9 Å². The summed E-state index contributed by atoms with van der Waals surface area (Å²) in [5.41, 5.74) is 8.76. The smallest absolute Gasteiger partial charge is 0.254 e. The highest BCUT2D eigenvalue weighted by molar-refractivity contribution is 7.10. The highest BCUT2D eigenvalue weighted by atomic mass is 32.1. The van der Waals surface area contributed by atoms with Crippen molar-refractivity contribution in [3.05, 3.63) is 58.2 Å². The molecule has 6 rings (SSSR count). The van der Waals surface area contributed by atoms with Gasteiger partial charge in [0, 0.05) is 99.4 Å². The number of ether oxygens (including phenoxy) is 2. The second-order valence-corrected chi connectivity index (χ2v) is 17.7. The number of hydrogen-bond donors (Lipinski definition) is 2. The first-order valence-corrected chi connectivity index (χ1v) is 21.5. The summed E-state index contributed by atoms with van der Waals surface area (Å²) in [7, 11) is 3.75. The molecular formula is C44H62N8O5S. The van der Waals surface area contributed by atoms with Crippen molar-refractivity contribution in [2.45, 2.75) is 97.5 Å². The molecule has 2 N–H and O–H groups in total. The summed E-state index contributed by atoms with van der Waals surface area (Å²) in [6.45, 7) is 20.6. The van der Waals surface area contributed by atoms with Crippen molar-refractivity contribution in [3.63, 3.8) is 0 Å². The summed E-state index contributed by atoms with van der Waals surface area (Å²) < 4.78 is 14.7. The molecule has 3 aromatic rings. The fourth-order valence-corrected chi connectivity index (χ4v) is 9.45. The molecule has 2 aromatic heterocycles. The Labute approximate surface area is 347 Å². The zero-order valence-electron chi connectivity index (χ0n) is 35.6. The quantitative estimate of drug-likeness (QED) is 0.162. The van der Waals surface area contributed by atoms with Gasteiger partial charge in [0.15, 0.2) is 0 Å². The van der Waals surface area contributed by atoms with Gasteiger partial charge in [0.1, 0.15) is 11.8 Å². The number of amides is 2. The molecule has 0 spiro atoms. The predicted molar refractivity (Wildman–Crippen MR) is 232 cm³/mol. The maximum absolute atomic E-state index is 14.5. The van der Waals surface area contributed by atoms with E-state index in [1.165, 1.54) is 0 Å². The number of carbonyl (C=O) groups excluding carboxylic acids is 3. The van der Waals surface area contributed by atoms with Crippen molar-refractivity contribution in [1.29, 1.82) is 0 Å². The summed E-state index contributed by atoms with van der Waals surface area (Å²) in [6, 6.07) is 5.96. The number of aryl methyl sites for hydroxylation is 1. The number of piperazine rings is 1. The Balaban J connectivity index is 1.46. The molecule has 314 valence electrons. The summed E-state index contributed by atoms with van der Waals surface area (Å²) in [4.78, 5) is 53.8. The van der Waals surface area contributed by atoms with E-state index in [0.29, 0.717) is 58.5 Å². The lowest BCUT2D eigenvalue weighted by molar-refractivity contribution is -0.145. The van der Waals surface area contributed by atoms with Gasteiger partial charge in [-0.1, -0.05) is 32.6 Å². The SMILES string of the molecule is C=C/C(=C(\N=CC)[C@H](C)OC)c1c2c3cc(ccc3n1CC)-c1csc(n1)C[C@H](NCC1CN(C(C)=O)CCN1C)C(=O)N1CCC[C@](C=O)(COCC(C)(C)C2)N1. The molecule has 0 radical (unpaired) electrons. The topological polar surface area (TPSA) is 134 Å². The van der Waals surface area contributed by atoms with Crippen LogP contribution in [-0.4, -0.2) is 132 Å². The molecule has 2 fully saturated rings. The summed E-state index contributed by atoms with van der Waals surface area (Å²) >= 11 is 1.54. The summed E-state index contributed by atoms with van der Waals surface area (Å²) in [5.74, 6) is -0.0957. The molecule has 3 aliphatic rings. The van der Waals surface area contributed by atoms with Crippen LogP contribution in [0.1, 0.15) is 70.6 Å². The fourth-order valence-electron chi connectivity index (χ4n) is 8.60. The van der Waals surface area contributed by atoms with Crippen LogP contribution < -0.4 is 10.7 Å². The Bertz CT molecular complexity index is 2050. The number of aliphatic imine (C=N–C) groups is 1. The molecule has 0 saturated carbocycles. The summed E-state index contributed by atoms with van der Waals surface area (Å²) in [6.07, 6.45) is 6.55. The number of hydrogen-bond acceptors (Lipinski definition) is 11. The van der Waals surface area contributed by atoms with Crippen molar-refractivity contribution in [1.82, 2.24) is 35.1 Å². The van der Waals surface area contributed by atoms with Gasteiger partial charge in [-0.05, 0) is 70.2 Å². The van der Waals surface area contributed by atoms with Crippen molar-refractivity contribution in [2.24, 2.45) is 10.4 Å². The van der Waals surface area contributed by atoms with Gasteiger partial charge in [0.2, 0.25) is 5.91 Å². The van der Waals surface area contributed by atoms with E-state index >= 15 is 0 Å². The normalized spacial score (nSPS) is 24.4. The number of nitrogens with one attached hydrogen (secondary N) is 2. The number of nitrogens with zero attached hydrogens (tertiary/aromatic N) is 6. The molecule has 5 heterocycles. The Kier molecular flexibility index (Phi) is 13.9. The number of allylic oxidation sites excluding steroid dienone is 2. The lowest BCUT2D eigenvalue weighted by Gasteiger charge is -2.42. The van der Waals surface area contributed by atoms with Crippen LogP contribution in [0, 0.1) is 5.41 Å². The molecule has 58 heavy (non-hydrogen) atoms. The highest BCUT2D eigenvalue weighted by Gasteiger charge is 2.40. The molecule has 1 unspecified atom stereocenters. The van der Waals surface area contributed by atoms with Crippen molar-refractivity contribution in [3.8, 4) is 11.3 Å². The standard InChI is InChI=1S/C44H62N8O5S/c1-10-33(40(45-11-2)29(4)56-9)41-35-22-43(6,7)27-57-28-44(26-53)16-13-17-52(48-44)42(55)36(46-23-32-24-50(30(5)54)19-18-49(32)8)21-39-47-37(25-58-39)31-14-15-38(34(35)20-31)51(41)12-3/h10-11,14-15,20,25-26,29,32,36,46,48H,1,12-13,16-19,21-24,27-28H2,2-9H3/b40-33+,45-11?/t29-,32?,36-,44-/m0/s1. The van der Waals surface area contributed by atoms with Gasteiger partial charge in [-0.15, -0.1) is 11.3 Å². The monoisotopic (exact) mass is 814 g/mol. The molecule has 2 amide bonds. The number of likely N-dealkylation sites (N-methyl/N-ethyl adjacent to an activating group) is 1. The highest BCUT2D eigenvalue weighted by Crippen LogP contribution is 2.40. The molecule has 4 atom stereocenters. The Hall–Kier alpha value is -4.05. The van der Waals surface area contributed by atoms with Crippen LogP contribution in [0.5, 0.6) is 0 Å². The Morgan fingerprint density at radius 3 is 2.74 bits per heavy atom. The van der Waals surface area contributed by atoms with E-state index in [9.17, 15) is 14.4 Å². The van der Waals surface area contributed by atoms with Gasteiger partial charge in [0.25, 0.3) is 5.91 Å². The average Bonchev–Trinajstić information content (AvgIpc) is 3.80. The van der Waals surface area contributed by atoms with Crippen LogP contribution in [0.25, 0.3) is 27.7 Å². The predicted octanol–water partition coefficient (Wildman–Crippen LogP) is 5.13. The number of aromatic nitrogens is 2. The minimum atomic E-state index is -1.06. The maximum Gasteiger partial charge on any atom is 0.254 e. The second-order valence-electron chi connectivity index (χ2n) is 16.8. The van der Waals surface area contributed by atoms with E-state index in [1.807, 2.05) is 24.8 Å². The Morgan fingerprint density at radius 2 is 2.05 bits per heavy atom. The van der Waals surface area contributed by atoms with E-state index in [-0.39, 0.29) is 36.0 Å². The van der Waals surface area contributed by atoms with Gasteiger partial charge in [-0.25, -0.2) is 10.4 Å². The second kappa shape index (κ2) is 18.5. The van der Waals surface area contributed by atoms with Crippen molar-refractivity contribution >= 4 is 52.1 Å². The number of hydrazine groups is 1. The van der Waals surface area contributed by atoms with Crippen LogP contribution in [0.4, 0.5) is 0 Å². The first kappa shape index (κ1) is 43.5. The maximum atomic E-state index is 14.5. The van der Waals surface area contributed by atoms with Crippen molar-refractivity contribution in [2.75, 3.05) is 60.1 Å². The van der Waals surface area contributed by atoms with Crippen LogP contribution in [0.3, 0.4) is 0 Å². The number of carbonyl (C=O) groups is 3. The van der Waals surface area contributed by atoms with Crippen molar-refractivity contribution < 1.29 is 23.9 Å². The third kappa shape index (κ3) is 9.22. The van der Waals surface area contributed by atoms with E-state index in [2.05, 4.69) is 78.2 Å². The van der Waals surface area contributed by atoms with Crippen LogP contribution in [-0.2, 0) is 43.2 Å².